The van der Waals surface area contributed by atoms with E-state index in [4.69, 9.17) is 9.26 Å². The van der Waals surface area contributed by atoms with Crippen LogP contribution in [0.4, 0.5) is 0 Å². The molecule has 2 bridgehead atoms. The number of nitrogens with one attached hydrogen (secondary N) is 1. The monoisotopic (exact) mass is 425 g/mol. The minimum Gasteiger partial charge on any atom is -0.497 e. The lowest BCUT2D eigenvalue weighted by atomic mass is 9.52. The third kappa shape index (κ3) is 4.14. The lowest BCUT2D eigenvalue weighted by Gasteiger charge is -2.55. The van der Waals surface area contributed by atoms with E-state index in [-0.39, 0.29) is 17.3 Å². The fraction of sp³-hybridized carbons (Fsp3) is 0.714. The molecule has 29 heavy (non-hydrogen) atoms. The number of aliphatic hydroxyl groups excluding tert-OH is 1. The fourth-order valence-corrected chi connectivity index (χ4v) is 7.11. The number of benzene rings is 1. The van der Waals surface area contributed by atoms with E-state index < -0.39 is 20.0 Å². The smallest absolute Gasteiger partial charge is 0.469 e. The molecule has 0 aliphatic heterocycles. The summed E-state index contributed by atoms with van der Waals surface area (Å²) in [7, 11) is -0.953. The molecule has 3 aliphatic carbocycles. The van der Waals surface area contributed by atoms with E-state index in [9.17, 15) is 19.5 Å². The number of hydrogen-bond donors (Lipinski definition) is 4. The molecular formula is C21H32NO6P. The second kappa shape index (κ2) is 7.95. The first-order valence-corrected chi connectivity index (χ1v) is 12.0. The van der Waals surface area contributed by atoms with Gasteiger partial charge in [-0.3, -0.25) is 4.52 Å². The number of fused-ring (bicyclic) bond motifs is 1. The summed E-state index contributed by atoms with van der Waals surface area (Å²) in [6.45, 7) is 0. The Morgan fingerprint density at radius 1 is 1.24 bits per heavy atom. The van der Waals surface area contributed by atoms with Gasteiger partial charge in [-0.25, -0.2) is 4.57 Å². The molecule has 0 heterocycles. The van der Waals surface area contributed by atoms with Crippen LogP contribution in [0, 0.1) is 23.2 Å². The molecule has 162 valence electrons. The Kier molecular flexibility index (Phi) is 5.84. The summed E-state index contributed by atoms with van der Waals surface area (Å²) in [6, 6.07) is 8.37. The van der Waals surface area contributed by atoms with Crippen molar-refractivity contribution in [2.75, 3.05) is 14.2 Å². The van der Waals surface area contributed by atoms with Gasteiger partial charge in [-0.05, 0) is 80.5 Å². The molecule has 1 aromatic carbocycles. The first-order valence-electron chi connectivity index (χ1n) is 10.5. The number of hydrogen-bond acceptors (Lipinski definition) is 5. The minimum atomic E-state index is -4.59. The summed E-state index contributed by atoms with van der Waals surface area (Å²) in [4.78, 5) is 18.7. The molecule has 0 radical (unpaired) electrons. The molecule has 0 aromatic heterocycles. The van der Waals surface area contributed by atoms with Crippen molar-refractivity contribution in [1.29, 1.82) is 0 Å². The molecule has 3 fully saturated rings. The van der Waals surface area contributed by atoms with Crippen molar-refractivity contribution < 1.29 is 28.7 Å². The van der Waals surface area contributed by atoms with E-state index in [0.717, 1.165) is 43.4 Å². The van der Waals surface area contributed by atoms with E-state index in [1.807, 2.05) is 31.3 Å². The van der Waals surface area contributed by atoms with Crippen molar-refractivity contribution in [3.8, 4) is 5.75 Å². The highest BCUT2D eigenvalue weighted by molar-refractivity contribution is 7.46. The zero-order valence-electron chi connectivity index (χ0n) is 17.0. The normalized spacial score (nSPS) is 39.2. The van der Waals surface area contributed by atoms with Gasteiger partial charge in [0, 0.05) is 12.0 Å². The topological polar surface area (TPSA) is 108 Å². The minimum absolute atomic E-state index is 0.0451. The van der Waals surface area contributed by atoms with Gasteiger partial charge in [0.1, 0.15) is 5.75 Å². The number of ether oxygens (including phenoxy) is 1. The molecular weight excluding hydrogens is 393 g/mol. The van der Waals surface area contributed by atoms with Gasteiger partial charge in [0.2, 0.25) is 0 Å². The highest BCUT2D eigenvalue weighted by Crippen LogP contribution is 2.63. The van der Waals surface area contributed by atoms with Crippen LogP contribution in [0.15, 0.2) is 24.3 Å². The van der Waals surface area contributed by atoms with Crippen molar-refractivity contribution in [1.82, 2.24) is 5.32 Å². The van der Waals surface area contributed by atoms with Crippen molar-refractivity contribution in [3.05, 3.63) is 29.8 Å². The molecule has 0 saturated heterocycles. The summed E-state index contributed by atoms with van der Waals surface area (Å²) >= 11 is 0. The third-order valence-electron chi connectivity index (χ3n) is 7.73. The van der Waals surface area contributed by atoms with Crippen molar-refractivity contribution in [3.63, 3.8) is 0 Å². The van der Waals surface area contributed by atoms with Crippen LogP contribution in [0.5, 0.6) is 5.75 Å². The van der Waals surface area contributed by atoms with Crippen LogP contribution in [-0.4, -0.2) is 47.3 Å². The van der Waals surface area contributed by atoms with Gasteiger partial charge in [0.15, 0.2) is 0 Å². The number of rotatable bonds is 6. The molecule has 3 aliphatic rings. The standard InChI is InChI=1S/C21H32NO6P/c1-22-14-10-18-16(9-13-3-5-15(27-2)6-4-13)20(23)17-12-21(18,11-14)8-7-19(17)28-29(24,25)26/h3-6,14,16-20,22-23H,7-12H2,1-2H3,(H2,24,25,26)/t14-,16-,17+,18?,19+,20-,21-/m1/s1. The second-order valence-electron chi connectivity index (χ2n) is 9.14. The molecule has 8 heteroatoms. The average Bonchev–Trinajstić information content (AvgIpc) is 3.05. The Morgan fingerprint density at radius 2 is 1.97 bits per heavy atom. The van der Waals surface area contributed by atoms with Crippen LogP contribution < -0.4 is 10.1 Å². The van der Waals surface area contributed by atoms with Crippen LogP contribution in [0.25, 0.3) is 0 Å². The zero-order chi connectivity index (χ0) is 20.8. The van der Waals surface area contributed by atoms with Gasteiger partial charge < -0.3 is 24.9 Å². The highest BCUT2D eigenvalue weighted by atomic mass is 31.2. The largest absolute Gasteiger partial charge is 0.497 e. The van der Waals surface area contributed by atoms with Crippen LogP contribution in [0.2, 0.25) is 0 Å². The van der Waals surface area contributed by atoms with E-state index in [1.165, 1.54) is 0 Å². The van der Waals surface area contributed by atoms with E-state index in [0.29, 0.717) is 18.4 Å². The molecule has 1 aromatic rings. The van der Waals surface area contributed by atoms with Gasteiger partial charge >= 0.3 is 7.82 Å². The molecule has 1 spiro atoms. The van der Waals surface area contributed by atoms with Crippen LogP contribution >= 0.6 is 7.82 Å². The highest BCUT2D eigenvalue weighted by Gasteiger charge is 2.60. The Labute approximate surface area is 172 Å². The lowest BCUT2D eigenvalue weighted by Crippen LogP contribution is -2.55. The molecule has 7 nitrogen and oxygen atoms in total. The van der Waals surface area contributed by atoms with Crippen molar-refractivity contribution in [2.45, 2.75) is 56.8 Å². The lowest BCUT2D eigenvalue weighted by molar-refractivity contribution is -0.141. The van der Waals surface area contributed by atoms with Gasteiger partial charge in [-0.1, -0.05) is 12.1 Å². The van der Waals surface area contributed by atoms with Crippen LogP contribution in [0.1, 0.15) is 37.7 Å². The molecule has 4 rings (SSSR count). The first kappa shape index (κ1) is 21.3. The van der Waals surface area contributed by atoms with Crippen molar-refractivity contribution >= 4 is 7.82 Å². The van der Waals surface area contributed by atoms with E-state index in [2.05, 4.69) is 5.32 Å². The first-order chi connectivity index (χ1) is 13.7. The van der Waals surface area contributed by atoms with Gasteiger partial charge in [-0.2, -0.15) is 0 Å². The Balaban J connectivity index is 1.62. The Hall–Kier alpha value is -0.950. The predicted octanol–water partition coefficient (Wildman–Crippen LogP) is 2.49. The zero-order valence-corrected chi connectivity index (χ0v) is 17.9. The van der Waals surface area contributed by atoms with Gasteiger partial charge in [-0.15, -0.1) is 0 Å². The Morgan fingerprint density at radius 3 is 2.59 bits per heavy atom. The molecule has 1 unspecified atom stereocenters. The van der Waals surface area contributed by atoms with Crippen molar-refractivity contribution in [2.24, 2.45) is 23.2 Å². The number of phosphoric acid groups is 1. The maximum atomic E-state index is 11.5. The molecule has 0 amide bonds. The maximum Gasteiger partial charge on any atom is 0.469 e. The van der Waals surface area contributed by atoms with Gasteiger partial charge in [0.25, 0.3) is 0 Å². The fourth-order valence-electron chi connectivity index (χ4n) is 6.50. The summed E-state index contributed by atoms with van der Waals surface area (Å²) in [5, 5.41) is 14.8. The quantitative estimate of drug-likeness (QED) is 0.519. The number of phosphoric ester groups is 1. The summed E-state index contributed by atoms with van der Waals surface area (Å²) in [5.41, 5.74) is 1.26. The second-order valence-corrected chi connectivity index (χ2v) is 10.3. The van der Waals surface area contributed by atoms with E-state index >= 15 is 0 Å². The average molecular weight is 425 g/mol. The predicted molar refractivity (Wildman–Crippen MR) is 108 cm³/mol. The summed E-state index contributed by atoms with van der Waals surface area (Å²) in [5.74, 6) is 0.997. The van der Waals surface area contributed by atoms with Crippen LogP contribution in [-0.2, 0) is 15.5 Å². The number of aliphatic hydroxyl groups is 1. The third-order valence-corrected chi connectivity index (χ3v) is 8.28. The number of methoxy groups -OCH3 is 1. The van der Waals surface area contributed by atoms with E-state index in [1.54, 1.807) is 7.11 Å². The molecule has 3 saturated carbocycles. The molecule has 4 N–H and O–H groups in total. The maximum absolute atomic E-state index is 11.5. The summed E-state index contributed by atoms with van der Waals surface area (Å²) < 4.78 is 21.9. The molecule has 7 atom stereocenters. The van der Waals surface area contributed by atoms with Crippen LogP contribution in [0.3, 0.4) is 0 Å². The Bertz CT molecular complexity index is 767. The SMILES string of the molecule is CN[C@@H]1CC2[C@@H](Cc3ccc(OC)cc3)[C@@H](O)[C@H]3C[C@@]2(CC[C@@H]3OP(=O)(O)O)C1. The van der Waals surface area contributed by atoms with Gasteiger partial charge in [0.05, 0.1) is 19.3 Å². The summed E-state index contributed by atoms with van der Waals surface area (Å²) in [6.07, 6.45) is 3.86.